The van der Waals surface area contributed by atoms with Gasteiger partial charge < -0.3 is 9.47 Å². The van der Waals surface area contributed by atoms with Gasteiger partial charge in [-0.2, -0.15) is 9.49 Å². The molecule has 3 heterocycles. The van der Waals surface area contributed by atoms with Gasteiger partial charge in [-0.1, -0.05) is 42.5 Å². The highest BCUT2D eigenvalue weighted by Crippen LogP contribution is 2.33. The molecule has 10 heteroatoms. The van der Waals surface area contributed by atoms with Crippen molar-refractivity contribution in [3.63, 3.8) is 0 Å². The van der Waals surface area contributed by atoms with E-state index in [9.17, 15) is 18.8 Å². The number of carbonyl (C=O) groups is 1. The molecule has 0 unspecified atom stereocenters. The molecule has 2 aliphatic heterocycles. The Morgan fingerprint density at radius 1 is 1.14 bits per heavy atom. The molecule has 2 aliphatic rings. The number of hydrogen-bond donors (Lipinski definition) is 0. The summed E-state index contributed by atoms with van der Waals surface area (Å²) in [5.74, 6) is -1.07. The Bertz CT molecular complexity index is 1410. The van der Waals surface area contributed by atoms with E-state index in [0.29, 0.717) is 41.9 Å². The summed E-state index contributed by atoms with van der Waals surface area (Å²) in [6.07, 6.45) is 1.84. The molecule has 1 amide bonds. The van der Waals surface area contributed by atoms with Gasteiger partial charge in [0.25, 0.3) is 11.5 Å². The standard InChI is InChI=1S/C26H25FN4O5/c1-35-19-11-9-18(10-12-19)22-14-21(17-6-3-2-4-7-17)28-31(22)23(32)16-30-25(33)20(27)15-29(26(30)34)24-8-5-13-36-24/h2-4,6-7,9-12,15,22,24H,5,8,13-14,16H2,1H3/t22-,24-/m0/s1. The second-order valence-electron chi connectivity index (χ2n) is 8.67. The van der Waals surface area contributed by atoms with Gasteiger partial charge in [0, 0.05) is 13.0 Å². The van der Waals surface area contributed by atoms with Crippen molar-refractivity contribution < 1.29 is 18.7 Å². The SMILES string of the molecule is COc1ccc([C@@H]2CC(c3ccccc3)=NN2C(=O)Cn2c(=O)c(F)cn([C@@H]3CCCO3)c2=O)cc1. The van der Waals surface area contributed by atoms with Gasteiger partial charge in [0.2, 0.25) is 5.82 Å². The Morgan fingerprint density at radius 2 is 1.89 bits per heavy atom. The van der Waals surface area contributed by atoms with Crippen LogP contribution in [0.4, 0.5) is 4.39 Å². The lowest BCUT2D eigenvalue weighted by molar-refractivity contribution is -0.133. The smallest absolute Gasteiger partial charge is 0.333 e. The van der Waals surface area contributed by atoms with E-state index in [1.807, 2.05) is 42.5 Å². The average molecular weight is 493 g/mol. The highest BCUT2D eigenvalue weighted by atomic mass is 19.1. The van der Waals surface area contributed by atoms with Crippen molar-refractivity contribution >= 4 is 11.6 Å². The van der Waals surface area contributed by atoms with E-state index in [-0.39, 0.29) is 0 Å². The van der Waals surface area contributed by atoms with Crippen LogP contribution in [-0.2, 0) is 16.1 Å². The molecule has 1 saturated heterocycles. The van der Waals surface area contributed by atoms with Crippen LogP contribution >= 0.6 is 0 Å². The molecule has 0 radical (unpaired) electrons. The zero-order valence-electron chi connectivity index (χ0n) is 19.7. The number of aromatic nitrogens is 2. The van der Waals surface area contributed by atoms with Crippen LogP contribution < -0.4 is 16.0 Å². The molecule has 0 bridgehead atoms. The molecule has 2 aromatic carbocycles. The summed E-state index contributed by atoms with van der Waals surface area (Å²) in [5.41, 5.74) is 0.398. The first-order chi connectivity index (χ1) is 17.5. The van der Waals surface area contributed by atoms with Gasteiger partial charge >= 0.3 is 5.69 Å². The van der Waals surface area contributed by atoms with Crippen LogP contribution in [0.15, 0.2) is 75.5 Å². The van der Waals surface area contributed by atoms with Crippen LogP contribution in [0.2, 0.25) is 0 Å². The van der Waals surface area contributed by atoms with Crippen molar-refractivity contribution in [2.24, 2.45) is 5.10 Å². The number of hydrogen-bond acceptors (Lipinski definition) is 6. The van der Waals surface area contributed by atoms with Gasteiger partial charge in [0.05, 0.1) is 25.1 Å². The molecule has 3 aromatic rings. The topological polar surface area (TPSA) is 95.1 Å². The number of benzene rings is 2. The molecule has 0 N–H and O–H groups in total. The number of halogens is 1. The van der Waals surface area contributed by atoms with E-state index >= 15 is 0 Å². The third kappa shape index (κ3) is 4.47. The average Bonchev–Trinajstić information content (AvgIpc) is 3.60. The number of carbonyl (C=O) groups excluding carboxylic acids is 1. The van der Waals surface area contributed by atoms with E-state index in [1.54, 1.807) is 19.2 Å². The molecular formula is C26H25FN4O5. The Morgan fingerprint density at radius 3 is 2.56 bits per heavy atom. The lowest BCUT2D eigenvalue weighted by atomic mass is 9.98. The number of methoxy groups -OCH3 is 1. The van der Waals surface area contributed by atoms with Gasteiger partial charge in [-0.3, -0.25) is 14.2 Å². The molecule has 36 heavy (non-hydrogen) atoms. The Kier molecular flexibility index (Phi) is 6.51. The summed E-state index contributed by atoms with van der Waals surface area (Å²) in [5, 5.41) is 5.84. The van der Waals surface area contributed by atoms with Gasteiger partial charge in [-0.15, -0.1) is 0 Å². The maximum absolute atomic E-state index is 14.5. The van der Waals surface area contributed by atoms with Crippen LogP contribution in [-0.4, -0.2) is 39.5 Å². The van der Waals surface area contributed by atoms with Crippen molar-refractivity contribution in [3.8, 4) is 5.75 Å². The van der Waals surface area contributed by atoms with E-state index in [4.69, 9.17) is 9.47 Å². The quantitative estimate of drug-likeness (QED) is 0.528. The number of nitrogens with zero attached hydrogens (tertiary/aromatic N) is 4. The number of rotatable bonds is 6. The largest absolute Gasteiger partial charge is 0.497 e. The molecule has 1 fully saturated rings. The van der Waals surface area contributed by atoms with Crippen LogP contribution in [0, 0.1) is 5.82 Å². The van der Waals surface area contributed by atoms with Crippen molar-refractivity contribution in [3.05, 3.63) is 98.6 Å². The summed E-state index contributed by atoms with van der Waals surface area (Å²) < 4.78 is 26.9. The van der Waals surface area contributed by atoms with Crippen LogP contribution in [0.1, 0.15) is 42.7 Å². The van der Waals surface area contributed by atoms with Crippen molar-refractivity contribution in [2.75, 3.05) is 13.7 Å². The monoisotopic (exact) mass is 492 g/mol. The van der Waals surface area contributed by atoms with E-state index in [0.717, 1.165) is 21.9 Å². The minimum absolute atomic E-state index is 0.431. The van der Waals surface area contributed by atoms with Crippen molar-refractivity contribution in [2.45, 2.75) is 38.1 Å². The normalized spacial score (nSPS) is 19.4. The summed E-state index contributed by atoms with van der Waals surface area (Å²) in [4.78, 5) is 39.1. The van der Waals surface area contributed by atoms with Gasteiger partial charge in [-0.05, 0) is 36.1 Å². The molecular weight excluding hydrogens is 467 g/mol. The van der Waals surface area contributed by atoms with Crippen LogP contribution in [0.5, 0.6) is 5.75 Å². The summed E-state index contributed by atoms with van der Waals surface area (Å²) in [7, 11) is 1.57. The maximum atomic E-state index is 14.5. The second-order valence-corrected chi connectivity index (χ2v) is 8.67. The van der Waals surface area contributed by atoms with E-state index < -0.39 is 41.8 Å². The minimum Gasteiger partial charge on any atom is -0.497 e. The molecule has 2 atom stereocenters. The molecule has 0 saturated carbocycles. The minimum atomic E-state index is -1.16. The van der Waals surface area contributed by atoms with Crippen molar-refractivity contribution in [1.82, 2.24) is 14.1 Å². The molecule has 0 spiro atoms. The summed E-state index contributed by atoms with van der Waals surface area (Å²) in [6, 6.07) is 16.2. The first-order valence-corrected chi connectivity index (χ1v) is 11.7. The molecule has 5 rings (SSSR count). The first-order valence-electron chi connectivity index (χ1n) is 11.7. The van der Waals surface area contributed by atoms with Crippen LogP contribution in [0.3, 0.4) is 0 Å². The predicted molar refractivity (Wildman–Crippen MR) is 129 cm³/mol. The van der Waals surface area contributed by atoms with E-state index in [2.05, 4.69) is 5.10 Å². The fourth-order valence-electron chi connectivity index (χ4n) is 4.55. The summed E-state index contributed by atoms with van der Waals surface area (Å²) in [6.45, 7) is -0.217. The van der Waals surface area contributed by atoms with Gasteiger partial charge in [0.15, 0.2) is 0 Å². The molecule has 0 aliphatic carbocycles. The fourth-order valence-corrected chi connectivity index (χ4v) is 4.55. The number of ether oxygens (including phenoxy) is 2. The predicted octanol–water partition coefficient (Wildman–Crippen LogP) is 2.84. The zero-order chi connectivity index (χ0) is 25.2. The van der Waals surface area contributed by atoms with Gasteiger partial charge in [-0.25, -0.2) is 14.4 Å². The maximum Gasteiger partial charge on any atom is 0.333 e. The van der Waals surface area contributed by atoms with Crippen LogP contribution in [0.25, 0.3) is 0 Å². The zero-order valence-corrected chi connectivity index (χ0v) is 19.7. The highest BCUT2D eigenvalue weighted by Gasteiger charge is 2.34. The van der Waals surface area contributed by atoms with Crippen molar-refractivity contribution in [1.29, 1.82) is 0 Å². The molecule has 9 nitrogen and oxygen atoms in total. The molecule has 1 aromatic heterocycles. The third-order valence-corrected chi connectivity index (χ3v) is 6.44. The highest BCUT2D eigenvalue weighted by molar-refractivity contribution is 6.03. The Hall–Kier alpha value is -4.05. The lowest BCUT2D eigenvalue weighted by Gasteiger charge is -2.23. The van der Waals surface area contributed by atoms with E-state index in [1.165, 1.54) is 5.01 Å². The molecule has 186 valence electrons. The summed E-state index contributed by atoms with van der Waals surface area (Å²) >= 11 is 0. The number of amides is 1. The Labute approximate surface area is 206 Å². The first kappa shape index (κ1) is 23.7. The number of hydrazone groups is 1. The van der Waals surface area contributed by atoms with Gasteiger partial charge in [0.1, 0.15) is 18.5 Å². The fraction of sp³-hybridized carbons (Fsp3) is 0.308. The lowest BCUT2D eigenvalue weighted by Crippen LogP contribution is -2.45. The second kappa shape index (κ2) is 9.90. The third-order valence-electron chi connectivity index (χ3n) is 6.44. The Balaban J connectivity index is 1.50.